The number of thioether (sulfide) groups is 1. The van der Waals surface area contributed by atoms with Crippen LogP contribution in [0.25, 0.3) is 10.9 Å². The minimum absolute atomic E-state index is 0.0139. The van der Waals surface area contributed by atoms with Gasteiger partial charge in [0.15, 0.2) is 5.82 Å². The van der Waals surface area contributed by atoms with Crippen LogP contribution in [0.4, 0.5) is 5.82 Å². The number of para-hydroxylation sites is 1. The number of anilines is 1. The number of carbonyl (C=O) groups excluding carboxylic acids is 2. The van der Waals surface area contributed by atoms with Crippen LogP contribution in [0.3, 0.4) is 0 Å². The van der Waals surface area contributed by atoms with Crippen molar-refractivity contribution in [3.05, 3.63) is 83.7 Å². The van der Waals surface area contributed by atoms with Crippen molar-refractivity contribution in [2.75, 3.05) is 23.4 Å². The van der Waals surface area contributed by atoms with E-state index in [-0.39, 0.29) is 29.2 Å². The van der Waals surface area contributed by atoms with Gasteiger partial charge in [-0.2, -0.15) is 0 Å². The predicted molar refractivity (Wildman–Crippen MR) is 127 cm³/mol. The second-order valence-electron chi connectivity index (χ2n) is 7.42. The normalized spacial score (nSPS) is 11.9. The lowest BCUT2D eigenvalue weighted by molar-refractivity contribution is -0.118. The second kappa shape index (κ2) is 10.2. The minimum atomic E-state index is -0.225. The van der Waals surface area contributed by atoms with Gasteiger partial charge >= 0.3 is 0 Å². The number of benzene rings is 2. The molecule has 32 heavy (non-hydrogen) atoms. The van der Waals surface area contributed by atoms with Crippen LogP contribution in [-0.2, 0) is 9.59 Å². The molecule has 2 aromatic heterocycles. The highest BCUT2D eigenvalue weighted by Gasteiger charge is 2.19. The summed E-state index contributed by atoms with van der Waals surface area (Å²) in [6, 6.07) is 19.9. The summed E-state index contributed by atoms with van der Waals surface area (Å²) in [6.07, 6.45) is 2.01. The molecule has 0 aliphatic carbocycles. The molecule has 2 heterocycles. The van der Waals surface area contributed by atoms with E-state index in [4.69, 9.17) is 4.52 Å². The van der Waals surface area contributed by atoms with Gasteiger partial charge in [-0.25, -0.2) is 0 Å². The highest BCUT2D eigenvalue weighted by atomic mass is 32.2. The Labute approximate surface area is 190 Å². The van der Waals surface area contributed by atoms with Gasteiger partial charge in [0, 0.05) is 35.6 Å². The molecule has 7 nitrogen and oxygen atoms in total. The number of rotatable bonds is 9. The molecule has 0 saturated carbocycles. The standard InChI is InChI=1S/C24H24N4O3S/c1-16-11-22(28-31-16)27-24(30)15-32-14-23(29)26-12-19(17-7-3-2-4-8-17)20-13-25-21-10-6-5-9-18(20)21/h2-11,13,19,25H,12,14-15H2,1H3,(H,26,29)(H,27,28,30). The molecule has 2 aromatic carbocycles. The Bertz CT molecular complexity index is 1200. The van der Waals surface area contributed by atoms with Crippen molar-refractivity contribution < 1.29 is 14.1 Å². The highest BCUT2D eigenvalue weighted by Crippen LogP contribution is 2.30. The molecule has 1 unspecified atom stereocenters. The van der Waals surface area contributed by atoms with E-state index in [0.717, 1.165) is 22.0 Å². The summed E-state index contributed by atoms with van der Waals surface area (Å²) < 4.78 is 4.92. The number of nitrogens with zero attached hydrogens (tertiary/aromatic N) is 1. The fourth-order valence-electron chi connectivity index (χ4n) is 3.58. The summed E-state index contributed by atoms with van der Waals surface area (Å²) in [4.78, 5) is 27.8. The van der Waals surface area contributed by atoms with E-state index >= 15 is 0 Å². The molecule has 3 N–H and O–H groups in total. The summed E-state index contributed by atoms with van der Waals surface area (Å²) in [6.45, 7) is 2.22. The van der Waals surface area contributed by atoms with Crippen LogP contribution in [0.5, 0.6) is 0 Å². The van der Waals surface area contributed by atoms with Crippen molar-refractivity contribution in [1.82, 2.24) is 15.5 Å². The van der Waals surface area contributed by atoms with Crippen LogP contribution >= 0.6 is 11.8 Å². The van der Waals surface area contributed by atoms with Crippen molar-refractivity contribution >= 4 is 40.3 Å². The van der Waals surface area contributed by atoms with Crippen LogP contribution in [0.1, 0.15) is 22.8 Å². The van der Waals surface area contributed by atoms with Crippen LogP contribution in [0.15, 0.2) is 71.4 Å². The van der Waals surface area contributed by atoms with Gasteiger partial charge in [-0.15, -0.1) is 11.8 Å². The van der Waals surface area contributed by atoms with Crippen LogP contribution in [-0.4, -0.2) is 40.0 Å². The van der Waals surface area contributed by atoms with E-state index in [9.17, 15) is 9.59 Å². The van der Waals surface area contributed by atoms with E-state index in [0.29, 0.717) is 18.1 Å². The number of H-pyrrole nitrogens is 1. The van der Waals surface area contributed by atoms with E-state index < -0.39 is 0 Å². The molecule has 4 aromatic rings. The molecule has 0 saturated heterocycles. The lowest BCUT2D eigenvalue weighted by Gasteiger charge is -2.18. The summed E-state index contributed by atoms with van der Waals surface area (Å²) in [5.74, 6) is 1.03. The maximum absolute atomic E-state index is 12.5. The zero-order valence-electron chi connectivity index (χ0n) is 17.6. The molecule has 8 heteroatoms. The maximum atomic E-state index is 12.5. The number of carbonyl (C=O) groups is 2. The van der Waals surface area contributed by atoms with Gasteiger partial charge in [-0.3, -0.25) is 9.59 Å². The largest absolute Gasteiger partial charge is 0.361 e. The number of fused-ring (bicyclic) bond motifs is 1. The zero-order valence-corrected chi connectivity index (χ0v) is 18.4. The molecule has 0 aliphatic rings. The molecule has 0 spiro atoms. The molecule has 0 bridgehead atoms. The Balaban J connectivity index is 1.34. The lowest BCUT2D eigenvalue weighted by atomic mass is 9.91. The Morgan fingerprint density at radius 1 is 1.06 bits per heavy atom. The average Bonchev–Trinajstić information content (AvgIpc) is 3.41. The Morgan fingerprint density at radius 3 is 2.59 bits per heavy atom. The topological polar surface area (TPSA) is 100 Å². The highest BCUT2D eigenvalue weighted by molar-refractivity contribution is 8.00. The number of aromatic nitrogens is 2. The van der Waals surface area contributed by atoms with E-state index in [1.165, 1.54) is 11.8 Å². The summed E-state index contributed by atoms with van der Waals surface area (Å²) in [7, 11) is 0. The van der Waals surface area contributed by atoms with Crippen LogP contribution < -0.4 is 10.6 Å². The molecular formula is C24H24N4O3S. The lowest BCUT2D eigenvalue weighted by Crippen LogP contribution is -2.30. The molecule has 1 atom stereocenters. The summed E-state index contributed by atoms with van der Waals surface area (Å²) in [5, 5.41) is 10.5. The Hall–Kier alpha value is -3.52. The first-order valence-electron chi connectivity index (χ1n) is 10.3. The Kier molecular flexibility index (Phi) is 6.91. The molecule has 0 radical (unpaired) electrons. The average molecular weight is 449 g/mol. The summed E-state index contributed by atoms with van der Waals surface area (Å²) in [5.41, 5.74) is 3.34. The molecule has 0 aliphatic heterocycles. The van der Waals surface area contributed by atoms with E-state index in [1.807, 2.05) is 42.6 Å². The predicted octanol–water partition coefficient (Wildman–Crippen LogP) is 4.08. The van der Waals surface area contributed by atoms with Crippen LogP contribution in [0.2, 0.25) is 0 Å². The second-order valence-corrected chi connectivity index (χ2v) is 8.41. The van der Waals surface area contributed by atoms with Crippen molar-refractivity contribution in [2.24, 2.45) is 0 Å². The third-order valence-corrected chi connectivity index (χ3v) is 6.00. The molecule has 164 valence electrons. The van der Waals surface area contributed by atoms with Crippen molar-refractivity contribution in [3.8, 4) is 0 Å². The van der Waals surface area contributed by atoms with Gasteiger partial charge < -0.3 is 20.1 Å². The number of aromatic amines is 1. The van der Waals surface area contributed by atoms with Crippen molar-refractivity contribution in [1.29, 1.82) is 0 Å². The first kappa shape index (κ1) is 21.7. The first-order chi connectivity index (χ1) is 15.6. The molecule has 2 amide bonds. The third-order valence-electron chi connectivity index (χ3n) is 5.06. The SMILES string of the molecule is Cc1cc(NC(=O)CSCC(=O)NCC(c2ccccc2)c2c[nH]c3ccccc23)no1. The van der Waals surface area contributed by atoms with Crippen LogP contribution in [0, 0.1) is 6.92 Å². The maximum Gasteiger partial charge on any atom is 0.235 e. The van der Waals surface area contributed by atoms with Gasteiger partial charge in [-0.1, -0.05) is 53.7 Å². The first-order valence-corrected chi connectivity index (χ1v) is 11.4. The quantitative estimate of drug-likeness (QED) is 0.358. The third kappa shape index (κ3) is 5.39. The van der Waals surface area contributed by atoms with Gasteiger partial charge in [-0.05, 0) is 24.1 Å². The van der Waals surface area contributed by atoms with Crippen molar-refractivity contribution in [3.63, 3.8) is 0 Å². The minimum Gasteiger partial charge on any atom is -0.361 e. The smallest absolute Gasteiger partial charge is 0.235 e. The monoisotopic (exact) mass is 448 g/mol. The van der Waals surface area contributed by atoms with Gasteiger partial charge in [0.2, 0.25) is 11.8 Å². The molecule has 0 fully saturated rings. The fourth-order valence-corrected chi connectivity index (χ4v) is 4.23. The fraction of sp³-hybridized carbons (Fsp3) is 0.208. The number of aryl methyl sites for hydroxylation is 1. The zero-order chi connectivity index (χ0) is 22.3. The van der Waals surface area contributed by atoms with Gasteiger partial charge in [0.1, 0.15) is 5.76 Å². The number of amides is 2. The summed E-state index contributed by atoms with van der Waals surface area (Å²) >= 11 is 1.25. The van der Waals surface area contributed by atoms with Gasteiger partial charge in [0.25, 0.3) is 0 Å². The van der Waals surface area contributed by atoms with E-state index in [1.54, 1.807) is 13.0 Å². The van der Waals surface area contributed by atoms with Gasteiger partial charge in [0.05, 0.1) is 11.5 Å². The van der Waals surface area contributed by atoms with E-state index in [2.05, 4.69) is 39.0 Å². The Morgan fingerprint density at radius 2 is 1.81 bits per heavy atom. The molecule has 4 rings (SSSR count). The number of hydrogen-bond donors (Lipinski definition) is 3. The number of nitrogens with one attached hydrogen (secondary N) is 3. The van der Waals surface area contributed by atoms with Crippen molar-refractivity contribution in [2.45, 2.75) is 12.8 Å². The molecular weight excluding hydrogens is 424 g/mol. The number of hydrogen-bond acceptors (Lipinski definition) is 5.